The van der Waals surface area contributed by atoms with Gasteiger partial charge in [0.25, 0.3) is 0 Å². The lowest BCUT2D eigenvalue weighted by molar-refractivity contribution is 0.154. The molecule has 0 bridgehead atoms. The van der Waals surface area contributed by atoms with E-state index in [0.717, 1.165) is 30.6 Å². The number of ether oxygens (including phenoxy) is 1. The first-order valence-electron chi connectivity index (χ1n) is 9.52. The van der Waals surface area contributed by atoms with Crippen molar-refractivity contribution in [1.82, 2.24) is 14.7 Å². The van der Waals surface area contributed by atoms with Gasteiger partial charge in [0.1, 0.15) is 17.3 Å². The fraction of sp³-hybridized carbons (Fsp3) is 0.318. The number of aromatic nitrogens is 2. The maximum absolute atomic E-state index is 14.8. The van der Waals surface area contributed by atoms with Gasteiger partial charge in [0, 0.05) is 36.0 Å². The van der Waals surface area contributed by atoms with E-state index in [-0.39, 0.29) is 18.5 Å². The minimum absolute atomic E-state index is 0.138. The Kier molecular flexibility index (Phi) is 5.41. The minimum Gasteiger partial charge on any atom is -0.497 e. The van der Waals surface area contributed by atoms with Gasteiger partial charge >= 0.3 is 0 Å². The molecule has 2 heterocycles. The molecule has 1 atom stereocenters. The van der Waals surface area contributed by atoms with Gasteiger partial charge in [0.05, 0.1) is 19.4 Å². The summed E-state index contributed by atoms with van der Waals surface area (Å²) >= 11 is 0. The van der Waals surface area contributed by atoms with Gasteiger partial charge in [-0.05, 0) is 43.7 Å². The second-order valence-corrected chi connectivity index (χ2v) is 7.08. The molecule has 0 saturated carbocycles. The molecule has 3 aromatic rings. The van der Waals surface area contributed by atoms with Crippen molar-refractivity contribution in [2.45, 2.75) is 25.4 Å². The second kappa shape index (κ2) is 8.12. The summed E-state index contributed by atoms with van der Waals surface area (Å²) in [5, 5.41) is 14.4. The van der Waals surface area contributed by atoms with Crippen LogP contribution >= 0.6 is 0 Å². The molecular formula is C22H24FN3O2. The average Bonchev–Trinajstić information content (AvgIpc) is 3.35. The number of aliphatic hydroxyl groups is 1. The standard InChI is InChI=1S/C22H24FN3O2/c1-28-19-9-10-20(21(23)12-19)22-16(13-25-11-5-8-18(25)15-27)14-26(24-22)17-6-3-2-4-7-17/h2-4,6-7,9-10,12,14,18,27H,5,8,11,13,15H2,1H3/t18-/m0/s1. The largest absolute Gasteiger partial charge is 0.497 e. The summed E-state index contributed by atoms with van der Waals surface area (Å²) in [4.78, 5) is 2.25. The maximum Gasteiger partial charge on any atom is 0.136 e. The van der Waals surface area contributed by atoms with Gasteiger partial charge in [0.15, 0.2) is 0 Å². The van der Waals surface area contributed by atoms with Gasteiger partial charge in [-0.1, -0.05) is 18.2 Å². The number of benzene rings is 2. The molecule has 146 valence electrons. The van der Waals surface area contributed by atoms with Gasteiger partial charge in [0.2, 0.25) is 0 Å². The normalized spacial score (nSPS) is 17.2. The average molecular weight is 381 g/mol. The molecule has 0 spiro atoms. The van der Waals surface area contributed by atoms with E-state index in [1.165, 1.54) is 13.2 Å². The minimum atomic E-state index is -0.362. The predicted octanol–water partition coefficient (Wildman–Crippen LogP) is 3.64. The highest BCUT2D eigenvalue weighted by Gasteiger charge is 2.26. The Morgan fingerprint density at radius 1 is 1.21 bits per heavy atom. The first-order valence-corrected chi connectivity index (χ1v) is 9.52. The Bertz CT molecular complexity index is 942. The fourth-order valence-electron chi connectivity index (χ4n) is 3.81. The third-order valence-electron chi connectivity index (χ3n) is 5.33. The molecule has 2 aromatic carbocycles. The Morgan fingerprint density at radius 3 is 2.75 bits per heavy atom. The highest BCUT2D eigenvalue weighted by molar-refractivity contribution is 5.65. The monoisotopic (exact) mass is 381 g/mol. The summed E-state index contributed by atoms with van der Waals surface area (Å²) in [6, 6.07) is 14.8. The van der Waals surface area contributed by atoms with Crippen LogP contribution in [0.3, 0.4) is 0 Å². The van der Waals surface area contributed by atoms with Crippen LogP contribution in [0.5, 0.6) is 5.75 Å². The van der Waals surface area contributed by atoms with Crippen LogP contribution in [0.4, 0.5) is 4.39 Å². The fourth-order valence-corrected chi connectivity index (χ4v) is 3.81. The van der Waals surface area contributed by atoms with Crippen LogP contribution in [-0.2, 0) is 6.54 Å². The number of rotatable bonds is 6. The summed E-state index contributed by atoms with van der Waals surface area (Å²) in [7, 11) is 1.52. The lowest BCUT2D eigenvalue weighted by atomic mass is 10.1. The number of hydrogen-bond donors (Lipinski definition) is 1. The summed E-state index contributed by atoms with van der Waals surface area (Å²) in [6.07, 6.45) is 4.00. The smallest absolute Gasteiger partial charge is 0.136 e. The first-order chi connectivity index (χ1) is 13.7. The van der Waals surface area contributed by atoms with Crippen molar-refractivity contribution in [1.29, 1.82) is 0 Å². The lowest BCUT2D eigenvalue weighted by Crippen LogP contribution is -2.31. The molecule has 0 unspecified atom stereocenters. The predicted molar refractivity (Wildman–Crippen MR) is 106 cm³/mol. The number of likely N-dealkylation sites (tertiary alicyclic amines) is 1. The Hall–Kier alpha value is -2.70. The zero-order valence-corrected chi connectivity index (χ0v) is 15.9. The molecule has 1 saturated heterocycles. The van der Waals surface area contributed by atoms with Gasteiger partial charge in [-0.25, -0.2) is 9.07 Å². The SMILES string of the molecule is COc1ccc(-c2nn(-c3ccccc3)cc2CN2CCC[C@H]2CO)c(F)c1. The number of halogens is 1. The third kappa shape index (κ3) is 3.66. The van der Waals surface area contributed by atoms with Crippen molar-refractivity contribution in [3.63, 3.8) is 0 Å². The number of hydrogen-bond acceptors (Lipinski definition) is 4. The lowest BCUT2D eigenvalue weighted by Gasteiger charge is -2.22. The van der Waals surface area contributed by atoms with Crippen molar-refractivity contribution in [3.8, 4) is 22.7 Å². The Balaban J connectivity index is 1.76. The van der Waals surface area contributed by atoms with E-state index in [4.69, 9.17) is 9.84 Å². The van der Waals surface area contributed by atoms with Crippen LogP contribution in [0.15, 0.2) is 54.7 Å². The van der Waals surface area contributed by atoms with Crippen molar-refractivity contribution < 1.29 is 14.2 Å². The quantitative estimate of drug-likeness (QED) is 0.708. The molecular weight excluding hydrogens is 357 g/mol. The molecule has 0 radical (unpaired) electrons. The van der Waals surface area contributed by atoms with Crippen molar-refractivity contribution in [2.24, 2.45) is 0 Å². The highest BCUT2D eigenvalue weighted by atomic mass is 19.1. The summed E-state index contributed by atoms with van der Waals surface area (Å²) < 4.78 is 21.7. The molecule has 5 nitrogen and oxygen atoms in total. The van der Waals surface area contributed by atoms with E-state index in [0.29, 0.717) is 23.6 Å². The summed E-state index contributed by atoms with van der Waals surface area (Å²) in [5.41, 5.74) is 2.93. The Labute approximate surface area is 164 Å². The van der Waals surface area contributed by atoms with Gasteiger partial charge in [-0.2, -0.15) is 5.10 Å². The van der Waals surface area contributed by atoms with Gasteiger partial charge in [-0.15, -0.1) is 0 Å². The van der Waals surface area contributed by atoms with E-state index in [2.05, 4.69) is 4.90 Å². The number of nitrogens with zero attached hydrogens (tertiary/aromatic N) is 3. The van der Waals surface area contributed by atoms with Gasteiger partial charge in [-0.3, -0.25) is 4.90 Å². The molecule has 1 fully saturated rings. The summed E-state index contributed by atoms with van der Waals surface area (Å²) in [5.74, 6) is 0.115. The molecule has 6 heteroatoms. The summed E-state index contributed by atoms with van der Waals surface area (Å²) in [6.45, 7) is 1.68. The highest BCUT2D eigenvalue weighted by Crippen LogP contribution is 2.31. The van der Waals surface area contributed by atoms with Gasteiger partial charge < -0.3 is 9.84 Å². The molecule has 1 aliphatic heterocycles. The van der Waals surface area contributed by atoms with E-state index >= 15 is 0 Å². The number of aliphatic hydroxyl groups excluding tert-OH is 1. The maximum atomic E-state index is 14.8. The van der Waals surface area contributed by atoms with E-state index in [9.17, 15) is 9.50 Å². The first kappa shape index (κ1) is 18.7. The zero-order valence-electron chi connectivity index (χ0n) is 15.9. The van der Waals surface area contributed by atoms with E-state index in [1.807, 2.05) is 36.5 Å². The molecule has 1 aliphatic rings. The van der Waals surface area contributed by atoms with Crippen LogP contribution in [0.1, 0.15) is 18.4 Å². The van der Waals surface area contributed by atoms with Crippen LogP contribution < -0.4 is 4.74 Å². The van der Waals surface area contributed by atoms with Crippen molar-refractivity contribution >= 4 is 0 Å². The van der Waals surface area contributed by atoms with Crippen LogP contribution in [0, 0.1) is 5.82 Å². The van der Waals surface area contributed by atoms with Crippen molar-refractivity contribution in [3.05, 3.63) is 66.1 Å². The molecule has 4 rings (SSSR count). The van der Waals surface area contributed by atoms with E-state index < -0.39 is 0 Å². The number of para-hydroxylation sites is 1. The molecule has 1 N–H and O–H groups in total. The second-order valence-electron chi connectivity index (χ2n) is 7.08. The van der Waals surface area contributed by atoms with E-state index in [1.54, 1.807) is 16.8 Å². The van der Waals surface area contributed by atoms with Crippen LogP contribution in [0.25, 0.3) is 16.9 Å². The van der Waals surface area contributed by atoms with Crippen LogP contribution in [0.2, 0.25) is 0 Å². The molecule has 0 aliphatic carbocycles. The third-order valence-corrected chi connectivity index (χ3v) is 5.33. The van der Waals surface area contributed by atoms with Crippen molar-refractivity contribution in [2.75, 3.05) is 20.3 Å². The zero-order chi connectivity index (χ0) is 19.5. The van der Waals surface area contributed by atoms with Crippen LogP contribution in [-0.4, -0.2) is 46.1 Å². The number of methoxy groups -OCH3 is 1. The topological polar surface area (TPSA) is 50.5 Å². The molecule has 0 amide bonds. The molecule has 1 aromatic heterocycles. The Morgan fingerprint density at radius 2 is 2.04 bits per heavy atom. The molecule has 28 heavy (non-hydrogen) atoms.